The van der Waals surface area contributed by atoms with Gasteiger partial charge in [-0.2, -0.15) is 0 Å². The van der Waals surface area contributed by atoms with Gasteiger partial charge in [-0.15, -0.1) is 12.3 Å². The van der Waals surface area contributed by atoms with Crippen LogP contribution < -0.4 is 5.32 Å². The van der Waals surface area contributed by atoms with Crippen molar-refractivity contribution in [2.75, 3.05) is 19.6 Å². The number of carbonyl (C=O) groups excluding carboxylic acids is 1. The van der Waals surface area contributed by atoms with Gasteiger partial charge in [0.15, 0.2) is 0 Å². The van der Waals surface area contributed by atoms with Crippen molar-refractivity contribution >= 4 is 5.91 Å². The number of nitrogens with zero attached hydrogens (tertiary/aromatic N) is 1. The van der Waals surface area contributed by atoms with E-state index >= 15 is 0 Å². The van der Waals surface area contributed by atoms with Gasteiger partial charge in [0, 0.05) is 25.0 Å². The molecule has 1 aromatic carbocycles. The molecule has 3 aliphatic rings. The van der Waals surface area contributed by atoms with E-state index in [0.29, 0.717) is 24.3 Å². The van der Waals surface area contributed by atoms with Crippen molar-refractivity contribution in [1.82, 2.24) is 10.2 Å². The minimum absolute atomic E-state index is 0.109. The lowest BCUT2D eigenvalue weighted by Gasteiger charge is -2.48. The highest BCUT2D eigenvalue weighted by Gasteiger charge is 2.39. The lowest BCUT2D eigenvalue weighted by atomic mass is 9.76. The summed E-state index contributed by atoms with van der Waals surface area (Å²) >= 11 is 0. The second-order valence-electron chi connectivity index (χ2n) is 6.17. The zero-order valence-corrected chi connectivity index (χ0v) is 12.3. The lowest BCUT2D eigenvalue weighted by Crippen LogP contribution is -2.56. The molecule has 4 unspecified atom stereocenters. The summed E-state index contributed by atoms with van der Waals surface area (Å²) in [7, 11) is 0. The van der Waals surface area contributed by atoms with Gasteiger partial charge >= 0.3 is 0 Å². The first-order chi connectivity index (χ1) is 10.3. The first-order valence-corrected chi connectivity index (χ1v) is 7.77. The Balaban J connectivity index is 1.48. The molecule has 4 atom stereocenters. The molecular formula is C18H22N2O. The number of terminal acetylenes is 1. The fraction of sp³-hybridized carbons (Fsp3) is 0.500. The van der Waals surface area contributed by atoms with Crippen LogP contribution in [-0.4, -0.2) is 36.5 Å². The second-order valence-corrected chi connectivity index (χ2v) is 6.17. The van der Waals surface area contributed by atoms with E-state index in [-0.39, 0.29) is 5.91 Å². The maximum absolute atomic E-state index is 12.0. The molecule has 4 rings (SSSR count). The Kier molecular flexibility index (Phi) is 4.26. The van der Waals surface area contributed by atoms with Crippen LogP contribution in [-0.2, 0) is 11.2 Å². The van der Waals surface area contributed by atoms with Crippen molar-refractivity contribution in [3.63, 3.8) is 0 Å². The van der Waals surface area contributed by atoms with E-state index in [9.17, 15) is 4.79 Å². The first-order valence-electron chi connectivity index (χ1n) is 7.77. The summed E-state index contributed by atoms with van der Waals surface area (Å²) in [6, 6.07) is 10.3. The zero-order valence-electron chi connectivity index (χ0n) is 12.3. The summed E-state index contributed by atoms with van der Waals surface area (Å²) in [4.78, 5) is 14.5. The van der Waals surface area contributed by atoms with Crippen molar-refractivity contribution in [3.05, 3.63) is 35.9 Å². The molecule has 110 valence electrons. The van der Waals surface area contributed by atoms with E-state index in [0.717, 1.165) is 31.6 Å². The van der Waals surface area contributed by atoms with Gasteiger partial charge in [-0.3, -0.25) is 9.69 Å². The van der Waals surface area contributed by atoms with Gasteiger partial charge in [-0.25, -0.2) is 0 Å². The molecule has 3 heterocycles. The highest BCUT2D eigenvalue weighted by molar-refractivity contribution is 5.78. The second kappa shape index (κ2) is 6.32. The van der Waals surface area contributed by atoms with Crippen LogP contribution >= 0.6 is 0 Å². The van der Waals surface area contributed by atoms with Gasteiger partial charge < -0.3 is 5.32 Å². The molecular weight excluding hydrogens is 260 g/mol. The molecule has 3 aliphatic heterocycles. The third-order valence-corrected chi connectivity index (χ3v) is 4.84. The van der Waals surface area contributed by atoms with Crippen LogP contribution in [0.5, 0.6) is 0 Å². The van der Waals surface area contributed by atoms with Crippen LogP contribution in [0.1, 0.15) is 18.4 Å². The number of amides is 1. The fourth-order valence-electron chi connectivity index (χ4n) is 3.61. The highest BCUT2D eigenvalue weighted by Crippen LogP contribution is 2.35. The largest absolute Gasteiger partial charge is 0.354 e. The molecule has 0 spiro atoms. The third kappa shape index (κ3) is 3.28. The minimum Gasteiger partial charge on any atom is -0.354 e. The predicted octanol–water partition coefficient (Wildman–Crippen LogP) is 1.69. The maximum Gasteiger partial charge on any atom is 0.224 e. The van der Waals surface area contributed by atoms with Gasteiger partial charge in [-0.05, 0) is 30.9 Å². The van der Waals surface area contributed by atoms with E-state index in [2.05, 4.69) is 16.1 Å². The molecule has 1 N–H and O–H groups in total. The number of carbonyl (C=O) groups is 1. The Bertz CT molecular complexity index is 534. The third-order valence-electron chi connectivity index (χ3n) is 4.84. The van der Waals surface area contributed by atoms with Crippen molar-refractivity contribution in [2.45, 2.75) is 25.3 Å². The Morgan fingerprint density at radius 1 is 1.38 bits per heavy atom. The summed E-state index contributed by atoms with van der Waals surface area (Å²) in [6.07, 6.45) is 8.40. The summed E-state index contributed by atoms with van der Waals surface area (Å²) in [6.45, 7) is 2.88. The Hall–Kier alpha value is -1.79. The smallest absolute Gasteiger partial charge is 0.224 e. The molecule has 2 bridgehead atoms. The lowest BCUT2D eigenvalue weighted by molar-refractivity contribution is -0.121. The average Bonchev–Trinajstić information content (AvgIpc) is 2.54. The van der Waals surface area contributed by atoms with Crippen LogP contribution in [0.25, 0.3) is 0 Å². The number of hydrogen-bond donors (Lipinski definition) is 1. The van der Waals surface area contributed by atoms with E-state index in [1.54, 1.807) is 0 Å². The van der Waals surface area contributed by atoms with Crippen LogP contribution in [0, 0.1) is 24.2 Å². The number of hydrogen-bond acceptors (Lipinski definition) is 2. The fourth-order valence-corrected chi connectivity index (χ4v) is 3.61. The summed E-state index contributed by atoms with van der Waals surface area (Å²) in [5, 5.41) is 3.09. The Labute approximate surface area is 126 Å². The number of benzene rings is 1. The summed E-state index contributed by atoms with van der Waals surface area (Å²) in [5.41, 5.74) is 1.06. The molecule has 3 fully saturated rings. The van der Waals surface area contributed by atoms with Crippen molar-refractivity contribution in [2.24, 2.45) is 11.8 Å². The van der Waals surface area contributed by atoms with E-state index in [1.807, 2.05) is 30.3 Å². The zero-order chi connectivity index (χ0) is 14.7. The molecule has 0 aliphatic carbocycles. The average molecular weight is 282 g/mol. The molecule has 1 aromatic rings. The molecule has 0 saturated carbocycles. The predicted molar refractivity (Wildman–Crippen MR) is 83.6 cm³/mol. The molecule has 0 radical (unpaired) electrons. The van der Waals surface area contributed by atoms with Crippen molar-refractivity contribution < 1.29 is 4.79 Å². The monoisotopic (exact) mass is 282 g/mol. The molecule has 1 amide bonds. The standard InChI is InChI=1S/C18H22N2O/c1-2-15-13-20-9-8-16(15)11-17(20)12-19-18(21)10-14-6-4-3-5-7-14/h1,3-7,15-17H,8-13H2,(H,19,21). The van der Waals surface area contributed by atoms with Gasteiger partial charge in [0.1, 0.15) is 0 Å². The van der Waals surface area contributed by atoms with E-state index in [1.165, 1.54) is 6.42 Å². The molecule has 3 nitrogen and oxygen atoms in total. The molecule has 3 saturated heterocycles. The molecule has 0 aromatic heterocycles. The quantitative estimate of drug-likeness (QED) is 0.852. The van der Waals surface area contributed by atoms with Crippen molar-refractivity contribution in [1.29, 1.82) is 0 Å². The van der Waals surface area contributed by atoms with E-state index in [4.69, 9.17) is 6.42 Å². The topological polar surface area (TPSA) is 32.3 Å². The molecule has 3 heteroatoms. The van der Waals surface area contributed by atoms with Gasteiger partial charge in [0.25, 0.3) is 0 Å². The van der Waals surface area contributed by atoms with Gasteiger partial charge in [0.05, 0.1) is 6.42 Å². The number of piperidine rings is 3. The van der Waals surface area contributed by atoms with E-state index < -0.39 is 0 Å². The van der Waals surface area contributed by atoms with Crippen molar-refractivity contribution in [3.8, 4) is 12.3 Å². The SMILES string of the molecule is C#CC1CN2CCC1CC2CNC(=O)Cc1ccccc1. The molecule has 21 heavy (non-hydrogen) atoms. The minimum atomic E-state index is 0.109. The Morgan fingerprint density at radius 3 is 2.86 bits per heavy atom. The summed E-state index contributed by atoms with van der Waals surface area (Å²) < 4.78 is 0. The highest BCUT2D eigenvalue weighted by atomic mass is 16.1. The number of rotatable bonds is 4. The summed E-state index contributed by atoms with van der Waals surface area (Å²) in [5.74, 6) is 4.09. The Morgan fingerprint density at radius 2 is 2.19 bits per heavy atom. The van der Waals surface area contributed by atoms with Gasteiger partial charge in [0.2, 0.25) is 5.91 Å². The van der Waals surface area contributed by atoms with Crippen LogP contribution in [0.2, 0.25) is 0 Å². The number of fused-ring (bicyclic) bond motifs is 3. The van der Waals surface area contributed by atoms with Gasteiger partial charge in [-0.1, -0.05) is 30.3 Å². The normalized spacial score (nSPS) is 30.6. The first kappa shape index (κ1) is 14.2. The van der Waals surface area contributed by atoms with Crippen LogP contribution in [0.15, 0.2) is 30.3 Å². The van der Waals surface area contributed by atoms with Crippen LogP contribution in [0.4, 0.5) is 0 Å². The van der Waals surface area contributed by atoms with Crippen LogP contribution in [0.3, 0.4) is 0 Å². The maximum atomic E-state index is 12.0. The number of nitrogens with one attached hydrogen (secondary N) is 1.